The first-order valence-electron chi connectivity index (χ1n) is 7.39. The summed E-state index contributed by atoms with van der Waals surface area (Å²) in [6.07, 6.45) is 4.81. The molecule has 1 aliphatic rings. The van der Waals surface area contributed by atoms with Crippen LogP contribution >= 0.6 is 0 Å². The number of nitrogens with one attached hydrogen (secondary N) is 1. The van der Waals surface area contributed by atoms with Gasteiger partial charge >= 0.3 is 0 Å². The fraction of sp³-hybridized carbons (Fsp3) is 0.562. The largest absolute Gasteiger partial charge is 0.484 e. The molecule has 0 spiro atoms. The zero-order chi connectivity index (χ0) is 14.4. The van der Waals surface area contributed by atoms with Crippen molar-refractivity contribution in [2.45, 2.75) is 51.2 Å². The number of hydrogen-bond donors (Lipinski definition) is 2. The molecule has 1 atom stereocenters. The van der Waals surface area contributed by atoms with E-state index in [4.69, 9.17) is 4.74 Å². The van der Waals surface area contributed by atoms with Gasteiger partial charge in [0.15, 0.2) is 6.61 Å². The lowest BCUT2D eigenvalue weighted by Crippen LogP contribution is -2.36. The molecule has 0 radical (unpaired) electrons. The lowest BCUT2D eigenvalue weighted by molar-refractivity contribution is -0.123. The summed E-state index contributed by atoms with van der Waals surface area (Å²) in [4.78, 5) is 11.7. The number of aliphatic hydroxyl groups excluding tert-OH is 1. The molecule has 1 saturated carbocycles. The van der Waals surface area contributed by atoms with E-state index in [-0.39, 0.29) is 12.5 Å². The smallest absolute Gasteiger partial charge is 0.258 e. The van der Waals surface area contributed by atoms with Crippen LogP contribution in [0.25, 0.3) is 0 Å². The number of ether oxygens (including phenoxy) is 1. The molecule has 4 nitrogen and oxygen atoms in total. The van der Waals surface area contributed by atoms with E-state index >= 15 is 0 Å². The molecule has 1 fully saturated rings. The van der Waals surface area contributed by atoms with Crippen LogP contribution in [0.5, 0.6) is 5.75 Å². The van der Waals surface area contributed by atoms with Crippen LogP contribution in [0.1, 0.15) is 50.7 Å². The highest BCUT2D eigenvalue weighted by Crippen LogP contribution is 2.20. The van der Waals surface area contributed by atoms with Gasteiger partial charge in [-0.25, -0.2) is 0 Å². The Bertz CT molecular complexity index is 424. The van der Waals surface area contributed by atoms with Gasteiger partial charge in [0.25, 0.3) is 5.91 Å². The minimum atomic E-state index is -0.435. The Morgan fingerprint density at radius 3 is 2.60 bits per heavy atom. The minimum Gasteiger partial charge on any atom is -0.484 e. The van der Waals surface area contributed by atoms with Gasteiger partial charge in [-0.3, -0.25) is 4.79 Å². The molecule has 0 saturated heterocycles. The van der Waals surface area contributed by atoms with E-state index in [1.807, 2.05) is 19.1 Å². The molecule has 0 bridgehead atoms. The highest BCUT2D eigenvalue weighted by molar-refractivity contribution is 5.77. The Labute approximate surface area is 120 Å². The van der Waals surface area contributed by atoms with Crippen LogP contribution in [0.4, 0.5) is 0 Å². The van der Waals surface area contributed by atoms with Crippen molar-refractivity contribution in [2.75, 3.05) is 6.61 Å². The lowest BCUT2D eigenvalue weighted by atomic mass is 10.1. The summed E-state index contributed by atoms with van der Waals surface area (Å²) in [5, 5.41) is 12.7. The van der Waals surface area contributed by atoms with Gasteiger partial charge in [-0.15, -0.1) is 0 Å². The summed E-state index contributed by atoms with van der Waals surface area (Å²) in [7, 11) is 0. The topological polar surface area (TPSA) is 58.6 Å². The number of amides is 1. The van der Waals surface area contributed by atoms with Crippen molar-refractivity contribution >= 4 is 5.91 Å². The molecule has 2 rings (SSSR count). The molecule has 20 heavy (non-hydrogen) atoms. The Kier molecular flexibility index (Phi) is 5.41. The van der Waals surface area contributed by atoms with Crippen molar-refractivity contribution in [1.82, 2.24) is 5.32 Å². The maximum Gasteiger partial charge on any atom is 0.258 e. The number of rotatable bonds is 6. The van der Waals surface area contributed by atoms with Crippen molar-refractivity contribution in [3.05, 3.63) is 29.8 Å². The number of hydrogen-bond acceptors (Lipinski definition) is 3. The fourth-order valence-corrected chi connectivity index (χ4v) is 2.51. The maximum absolute atomic E-state index is 11.7. The third kappa shape index (κ3) is 4.23. The predicted octanol–water partition coefficient (Wildman–Crippen LogP) is 2.57. The summed E-state index contributed by atoms with van der Waals surface area (Å²) in [6.45, 7) is 1.98. The summed E-state index contributed by atoms with van der Waals surface area (Å²) in [5.41, 5.74) is 0.871. The highest BCUT2D eigenvalue weighted by atomic mass is 16.5. The molecule has 1 aromatic rings. The first kappa shape index (κ1) is 14.9. The molecule has 1 aromatic carbocycles. The van der Waals surface area contributed by atoms with E-state index < -0.39 is 6.10 Å². The van der Waals surface area contributed by atoms with Gasteiger partial charge < -0.3 is 15.2 Å². The molecule has 1 amide bonds. The highest BCUT2D eigenvalue weighted by Gasteiger charge is 2.17. The number of carbonyl (C=O) groups excluding carboxylic acids is 1. The minimum absolute atomic E-state index is 0.0478. The van der Waals surface area contributed by atoms with Gasteiger partial charge in [-0.1, -0.05) is 31.9 Å². The molecule has 2 N–H and O–H groups in total. The van der Waals surface area contributed by atoms with Crippen molar-refractivity contribution < 1.29 is 14.6 Å². The Hall–Kier alpha value is -1.55. The van der Waals surface area contributed by atoms with Crippen LogP contribution in [-0.2, 0) is 4.79 Å². The lowest BCUT2D eigenvalue weighted by Gasteiger charge is -2.13. The predicted molar refractivity (Wildman–Crippen MR) is 77.6 cm³/mol. The van der Waals surface area contributed by atoms with E-state index in [9.17, 15) is 9.90 Å². The van der Waals surface area contributed by atoms with E-state index in [1.54, 1.807) is 12.1 Å². The fourth-order valence-electron chi connectivity index (χ4n) is 2.51. The van der Waals surface area contributed by atoms with Gasteiger partial charge in [-0.2, -0.15) is 0 Å². The normalized spacial score (nSPS) is 16.9. The van der Waals surface area contributed by atoms with Gasteiger partial charge in [0, 0.05) is 6.04 Å². The zero-order valence-electron chi connectivity index (χ0n) is 12.0. The average molecular weight is 277 g/mol. The second-order valence-corrected chi connectivity index (χ2v) is 5.33. The summed E-state index contributed by atoms with van der Waals surface area (Å²) in [5.74, 6) is 0.591. The molecule has 1 aliphatic carbocycles. The van der Waals surface area contributed by atoms with Gasteiger partial charge in [-0.05, 0) is 37.0 Å². The quantitative estimate of drug-likeness (QED) is 0.840. The van der Waals surface area contributed by atoms with E-state index in [0.717, 1.165) is 18.4 Å². The standard InChI is InChI=1S/C16H23NO3/c1-2-15(18)12-7-9-14(10-8-12)20-11-16(19)17-13-5-3-4-6-13/h7-10,13,15,18H,2-6,11H2,1H3,(H,17,19)/t15-/m0/s1. The van der Waals surface area contributed by atoms with Crippen molar-refractivity contribution in [3.8, 4) is 5.75 Å². The van der Waals surface area contributed by atoms with Crippen LogP contribution in [0.15, 0.2) is 24.3 Å². The SMILES string of the molecule is CC[C@H](O)c1ccc(OCC(=O)NC2CCCC2)cc1. The molecule has 0 aliphatic heterocycles. The van der Waals surface area contributed by atoms with Crippen molar-refractivity contribution in [3.63, 3.8) is 0 Å². The molecule has 110 valence electrons. The first-order valence-corrected chi connectivity index (χ1v) is 7.39. The van der Waals surface area contributed by atoms with Crippen LogP contribution in [0.2, 0.25) is 0 Å². The molecule has 4 heteroatoms. The van der Waals surface area contributed by atoms with Gasteiger partial charge in [0.05, 0.1) is 6.10 Å². The summed E-state index contributed by atoms with van der Waals surface area (Å²) in [6, 6.07) is 7.57. The van der Waals surface area contributed by atoms with E-state index in [1.165, 1.54) is 12.8 Å². The monoisotopic (exact) mass is 277 g/mol. The van der Waals surface area contributed by atoms with Crippen LogP contribution in [0, 0.1) is 0 Å². The van der Waals surface area contributed by atoms with Gasteiger partial charge in [0.2, 0.25) is 0 Å². The number of aliphatic hydroxyl groups is 1. The second-order valence-electron chi connectivity index (χ2n) is 5.33. The molecule has 0 heterocycles. The number of carbonyl (C=O) groups is 1. The van der Waals surface area contributed by atoms with Crippen LogP contribution in [0.3, 0.4) is 0 Å². The molecular weight excluding hydrogens is 254 g/mol. The third-order valence-electron chi connectivity index (χ3n) is 3.74. The zero-order valence-corrected chi connectivity index (χ0v) is 12.0. The molecule has 0 unspecified atom stereocenters. The van der Waals surface area contributed by atoms with E-state index in [2.05, 4.69) is 5.32 Å². The first-order chi connectivity index (χ1) is 9.69. The Morgan fingerprint density at radius 2 is 2.00 bits per heavy atom. The van der Waals surface area contributed by atoms with Crippen molar-refractivity contribution in [1.29, 1.82) is 0 Å². The Balaban J connectivity index is 1.77. The van der Waals surface area contributed by atoms with Crippen LogP contribution < -0.4 is 10.1 Å². The second kappa shape index (κ2) is 7.29. The summed E-state index contributed by atoms with van der Waals surface area (Å²) >= 11 is 0. The third-order valence-corrected chi connectivity index (χ3v) is 3.74. The van der Waals surface area contributed by atoms with Gasteiger partial charge in [0.1, 0.15) is 5.75 Å². The summed E-state index contributed by atoms with van der Waals surface area (Å²) < 4.78 is 5.45. The Morgan fingerprint density at radius 1 is 1.35 bits per heavy atom. The van der Waals surface area contributed by atoms with E-state index in [0.29, 0.717) is 18.2 Å². The average Bonchev–Trinajstić information content (AvgIpc) is 2.97. The number of benzene rings is 1. The van der Waals surface area contributed by atoms with Crippen molar-refractivity contribution in [2.24, 2.45) is 0 Å². The van der Waals surface area contributed by atoms with Crippen LogP contribution in [-0.4, -0.2) is 23.7 Å². The molecular formula is C16H23NO3. The maximum atomic E-state index is 11.7. The molecule has 0 aromatic heterocycles.